The standard InChI is InChI=1S/C13H20N2O2/c1-3-15-13(16)7-8-14-10-11-5-4-6-12(9-11)17-2/h4-6,9,14H,3,7-8,10H2,1-2H3,(H,15,16). The van der Waals surface area contributed by atoms with Gasteiger partial charge >= 0.3 is 0 Å². The van der Waals surface area contributed by atoms with Gasteiger partial charge in [-0.2, -0.15) is 0 Å². The van der Waals surface area contributed by atoms with Crippen molar-refractivity contribution in [3.63, 3.8) is 0 Å². The van der Waals surface area contributed by atoms with Gasteiger partial charge in [0.15, 0.2) is 0 Å². The van der Waals surface area contributed by atoms with Crippen LogP contribution in [-0.4, -0.2) is 26.1 Å². The smallest absolute Gasteiger partial charge is 0.221 e. The second kappa shape index (κ2) is 7.68. The van der Waals surface area contributed by atoms with Gasteiger partial charge in [-0.25, -0.2) is 0 Å². The molecule has 4 heteroatoms. The number of rotatable bonds is 7. The summed E-state index contributed by atoms with van der Waals surface area (Å²) in [6.07, 6.45) is 0.512. The average molecular weight is 236 g/mol. The SMILES string of the molecule is CCNC(=O)CCNCc1cccc(OC)c1. The van der Waals surface area contributed by atoms with Crippen LogP contribution in [0.2, 0.25) is 0 Å². The molecular weight excluding hydrogens is 216 g/mol. The maximum atomic E-state index is 11.2. The summed E-state index contributed by atoms with van der Waals surface area (Å²) in [6.45, 7) is 4.04. The normalized spacial score (nSPS) is 10.0. The van der Waals surface area contributed by atoms with Crippen molar-refractivity contribution < 1.29 is 9.53 Å². The zero-order valence-electron chi connectivity index (χ0n) is 10.5. The second-order valence-corrected chi connectivity index (χ2v) is 3.73. The van der Waals surface area contributed by atoms with Crippen molar-refractivity contribution in [2.24, 2.45) is 0 Å². The Morgan fingerprint density at radius 1 is 1.41 bits per heavy atom. The largest absolute Gasteiger partial charge is 0.497 e. The highest BCUT2D eigenvalue weighted by Crippen LogP contribution is 2.11. The van der Waals surface area contributed by atoms with E-state index in [-0.39, 0.29) is 5.91 Å². The van der Waals surface area contributed by atoms with Crippen molar-refractivity contribution in [1.82, 2.24) is 10.6 Å². The van der Waals surface area contributed by atoms with Gasteiger partial charge in [0.2, 0.25) is 5.91 Å². The lowest BCUT2D eigenvalue weighted by Gasteiger charge is -2.06. The Labute approximate surface area is 102 Å². The summed E-state index contributed by atoms with van der Waals surface area (Å²) in [5.41, 5.74) is 1.15. The fourth-order valence-corrected chi connectivity index (χ4v) is 1.50. The molecule has 94 valence electrons. The Kier molecular flexibility index (Phi) is 6.10. The van der Waals surface area contributed by atoms with Crippen LogP contribution in [0.1, 0.15) is 18.9 Å². The zero-order valence-corrected chi connectivity index (χ0v) is 10.5. The molecule has 0 spiro atoms. The van der Waals surface area contributed by atoms with E-state index in [1.54, 1.807) is 7.11 Å². The number of amides is 1. The van der Waals surface area contributed by atoms with E-state index in [0.29, 0.717) is 19.5 Å². The van der Waals surface area contributed by atoms with Gasteiger partial charge in [0.1, 0.15) is 5.75 Å². The lowest BCUT2D eigenvalue weighted by Crippen LogP contribution is -2.27. The minimum absolute atomic E-state index is 0.0886. The molecule has 0 atom stereocenters. The monoisotopic (exact) mass is 236 g/mol. The van der Waals surface area contributed by atoms with E-state index in [9.17, 15) is 4.79 Å². The quantitative estimate of drug-likeness (QED) is 0.702. The highest BCUT2D eigenvalue weighted by atomic mass is 16.5. The first-order valence-corrected chi connectivity index (χ1v) is 5.86. The maximum absolute atomic E-state index is 11.2. The third kappa shape index (κ3) is 5.36. The van der Waals surface area contributed by atoms with Crippen LogP contribution in [0, 0.1) is 0 Å². The van der Waals surface area contributed by atoms with Gasteiger partial charge in [0, 0.05) is 26.1 Å². The first-order valence-electron chi connectivity index (χ1n) is 5.86. The summed E-state index contributed by atoms with van der Waals surface area (Å²) in [4.78, 5) is 11.2. The fourth-order valence-electron chi connectivity index (χ4n) is 1.50. The number of methoxy groups -OCH3 is 1. The molecule has 0 aliphatic rings. The van der Waals surface area contributed by atoms with Crippen LogP contribution in [0.5, 0.6) is 5.75 Å². The molecule has 0 saturated heterocycles. The first kappa shape index (κ1) is 13.5. The zero-order chi connectivity index (χ0) is 12.5. The molecule has 0 radical (unpaired) electrons. The molecule has 0 aliphatic carbocycles. The number of carbonyl (C=O) groups is 1. The Bertz CT molecular complexity index is 353. The van der Waals surface area contributed by atoms with E-state index in [1.807, 2.05) is 31.2 Å². The summed E-state index contributed by atoms with van der Waals surface area (Å²) < 4.78 is 5.14. The molecular formula is C13H20N2O2. The Morgan fingerprint density at radius 3 is 2.94 bits per heavy atom. The van der Waals surface area contributed by atoms with Crippen LogP contribution in [0.15, 0.2) is 24.3 Å². The van der Waals surface area contributed by atoms with Gasteiger partial charge in [-0.1, -0.05) is 12.1 Å². The van der Waals surface area contributed by atoms with Crippen LogP contribution in [0.3, 0.4) is 0 Å². The molecule has 0 aliphatic heterocycles. The van der Waals surface area contributed by atoms with Crippen molar-refractivity contribution in [3.05, 3.63) is 29.8 Å². The average Bonchev–Trinajstić information content (AvgIpc) is 2.35. The van der Waals surface area contributed by atoms with E-state index in [2.05, 4.69) is 10.6 Å². The maximum Gasteiger partial charge on any atom is 0.221 e. The van der Waals surface area contributed by atoms with Gasteiger partial charge < -0.3 is 15.4 Å². The minimum atomic E-state index is 0.0886. The Morgan fingerprint density at radius 2 is 2.24 bits per heavy atom. The van der Waals surface area contributed by atoms with Crippen molar-refractivity contribution in [2.45, 2.75) is 19.9 Å². The minimum Gasteiger partial charge on any atom is -0.497 e. The van der Waals surface area contributed by atoms with Crippen molar-refractivity contribution >= 4 is 5.91 Å². The Balaban J connectivity index is 2.24. The summed E-state index contributed by atoms with van der Waals surface area (Å²) in [5, 5.41) is 5.99. The highest BCUT2D eigenvalue weighted by Gasteiger charge is 1.99. The summed E-state index contributed by atoms with van der Waals surface area (Å²) in [6, 6.07) is 7.89. The van der Waals surface area contributed by atoms with Gasteiger partial charge in [-0.05, 0) is 24.6 Å². The predicted octanol–water partition coefficient (Wildman–Crippen LogP) is 1.31. The molecule has 0 unspecified atom stereocenters. The number of nitrogens with one attached hydrogen (secondary N) is 2. The molecule has 0 aromatic heterocycles. The fraction of sp³-hybridized carbons (Fsp3) is 0.462. The summed E-state index contributed by atoms with van der Waals surface area (Å²) in [7, 11) is 1.65. The molecule has 4 nitrogen and oxygen atoms in total. The van der Waals surface area contributed by atoms with Gasteiger partial charge in [0.25, 0.3) is 0 Å². The lowest BCUT2D eigenvalue weighted by atomic mass is 10.2. The third-order valence-corrected chi connectivity index (χ3v) is 2.37. The number of carbonyl (C=O) groups excluding carboxylic acids is 1. The molecule has 0 bridgehead atoms. The van der Waals surface area contributed by atoms with Crippen LogP contribution in [0.4, 0.5) is 0 Å². The number of hydrogen-bond acceptors (Lipinski definition) is 3. The molecule has 1 aromatic rings. The van der Waals surface area contributed by atoms with Crippen molar-refractivity contribution in [3.8, 4) is 5.75 Å². The number of benzene rings is 1. The second-order valence-electron chi connectivity index (χ2n) is 3.73. The van der Waals surface area contributed by atoms with Gasteiger partial charge in [-0.3, -0.25) is 4.79 Å². The van der Waals surface area contributed by atoms with Crippen molar-refractivity contribution in [1.29, 1.82) is 0 Å². The van der Waals surface area contributed by atoms with Crippen LogP contribution in [-0.2, 0) is 11.3 Å². The summed E-state index contributed by atoms with van der Waals surface area (Å²) >= 11 is 0. The highest BCUT2D eigenvalue weighted by molar-refractivity contribution is 5.75. The molecule has 0 heterocycles. The first-order chi connectivity index (χ1) is 8.26. The van der Waals surface area contributed by atoms with Crippen LogP contribution < -0.4 is 15.4 Å². The van der Waals surface area contributed by atoms with Gasteiger partial charge in [0.05, 0.1) is 7.11 Å². The van der Waals surface area contributed by atoms with E-state index in [0.717, 1.165) is 17.9 Å². The Hall–Kier alpha value is -1.55. The van der Waals surface area contributed by atoms with Crippen LogP contribution in [0.25, 0.3) is 0 Å². The molecule has 1 amide bonds. The van der Waals surface area contributed by atoms with Crippen molar-refractivity contribution in [2.75, 3.05) is 20.2 Å². The summed E-state index contributed by atoms with van der Waals surface area (Å²) in [5.74, 6) is 0.943. The lowest BCUT2D eigenvalue weighted by molar-refractivity contribution is -0.120. The van der Waals surface area contributed by atoms with E-state index < -0.39 is 0 Å². The molecule has 0 fully saturated rings. The van der Waals surface area contributed by atoms with E-state index in [4.69, 9.17) is 4.74 Å². The third-order valence-electron chi connectivity index (χ3n) is 2.37. The predicted molar refractivity (Wildman–Crippen MR) is 68.0 cm³/mol. The van der Waals surface area contributed by atoms with Crippen LogP contribution >= 0.6 is 0 Å². The molecule has 0 saturated carbocycles. The topological polar surface area (TPSA) is 50.4 Å². The molecule has 1 aromatic carbocycles. The number of hydrogen-bond donors (Lipinski definition) is 2. The van der Waals surface area contributed by atoms with E-state index >= 15 is 0 Å². The molecule has 2 N–H and O–H groups in total. The molecule has 1 rings (SSSR count). The van der Waals surface area contributed by atoms with Gasteiger partial charge in [-0.15, -0.1) is 0 Å². The molecule has 17 heavy (non-hydrogen) atoms. The number of ether oxygens (including phenoxy) is 1. The van der Waals surface area contributed by atoms with E-state index in [1.165, 1.54) is 0 Å².